The number of hydrogen-bond acceptors (Lipinski definition) is 3. The standard InChI is InChI=1S/C19H29N5O/c1-14-11-17(7-8-18(14)25-5)13-22-19(20-4)21-9-6-10-24-16(3)12-15(2)23-24/h7-8,11-12H,6,9-10,13H2,1-5H3,(H2,20,21,22). The van der Waals surface area contributed by atoms with Gasteiger partial charge in [0.2, 0.25) is 0 Å². The third kappa shape index (κ3) is 5.52. The van der Waals surface area contributed by atoms with Gasteiger partial charge in [0.15, 0.2) is 5.96 Å². The molecule has 2 rings (SSSR count). The zero-order valence-electron chi connectivity index (χ0n) is 15.9. The maximum atomic E-state index is 5.29. The lowest BCUT2D eigenvalue weighted by Gasteiger charge is -2.13. The van der Waals surface area contributed by atoms with Crippen LogP contribution in [0.5, 0.6) is 5.75 Å². The van der Waals surface area contributed by atoms with Gasteiger partial charge in [-0.2, -0.15) is 5.10 Å². The molecule has 0 spiro atoms. The molecule has 0 saturated heterocycles. The van der Waals surface area contributed by atoms with Crippen LogP contribution in [0.15, 0.2) is 29.3 Å². The minimum Gasteiger partial charge on any atom is -0.496 e. The van der Waals surface area contributed by atoms with Crippen LogP contribution in [0.25, 0.3) is 0 Å². The molecule has 0 aliphatic carbocycles. The Labute approximate surface area is 150 Å². The summed E-state index contributed by atoms with van der Waals surface area (Å²) in [6.45, 7) is 8.64. The fourth-order valence-corrected chi connectivity index (χ4v) is 2.79. The molecule has 1 heterocycles. The van der Waals surface area contributed by atoms with Crippen LogP contribution in [0, 0.1) is 20.8 Å². The summed E-state index contributed by atoms with van der Waals surface area (Å²) in [5.74, 6) is 1.72. The van der Waals surface area contributed by atoms with Gasteiger partial charge in [0.05, 0.1) is 12.8 Å². The van der Waals surface area contributed by atoms with E-state index < -0.39 is 0 Å². The van der Waals surface area contributed by atoms with Gasteiger partial charge in [-0.15, -0.1) is 0 Å². The summed E-state index contributed by atoms with van der Waals surface area (Å²) in [6.07, 6.45) is 0.990. The number of aliphatic imine (C=N–C) groups is 1. The van der Waals surface area contributed by atoms with Gasteiger partial charge >= 0.3 is 0 Å². The van der Waals surface area contributed by atoms with Crippen LogP contribution in [0.4, 0.5) is 0 Å². The van der Waals surface area contributed by atoms with Gasteiger partial charge in [-0.05, 0) is 50.5 Å². The molecular formula is C19H29N5O. The molecule has 0 saturated carbocycles. The Balaban J connectivity index is 1.75. The molecule has 2 N–H and O–H groups in total. The van der Waals surface area contributed by atoms with Crippen LogP contribution in [0.1, 0.15) is 28.9 Å². The normalized spacial score (nSPS) is 11.5. The minimum absolute atomic E-state index is 0.724. The van der Waals surface area contributed by atoms with Crippen molar-refractivity contribution >= 4 is 5.96 Å². The molecule has 1 aromatic carbocycles. The number of nitrogens with zero attached hydrogens (tertiary/aromatic N) is 3. The Morgan fingerprint density at radius 1 is 1.20 bits per heavy atom. The van der Waals surface area contributed by atoms with E-state index in [0.29, 0.717) is 0 Å². The summed E-state index contributed by atoms with van der Waals surface area (Å²) in [6, 6.07) is 8.29. The molecule has 0 aliphatic rings. The lowest BCUT2D eigenvalue weighted by Crippen LogP contribution is -2.37. The number of nitrogens with one attached hydrogen (secondary N) is 2. The van der Waals surface area contributed by atoms with Gasteiger partial charge in [0.25, 0.3) is 0 Å². The molecule has 6 nitrogen and oxygen atoms in total. The summed E-state index contributed by atoms with van der Waals surface area (Å²) in [7, 11) is 3.48. The maximum Gasteiger partial charge on any atom is 0.191 e. The largest absolute Gasteiger partial charge is 0.496 e. The zero-order chi connectivity index (χ0) is 18.2. The highest BCUT2D eigenvalue weighted by atomic mass is 16.5. The third-order valence-electron chi connectivity index (χ3n) is 4.09. The SMILES string of the molecule is CN=C(NCCCn1nc(C)cc1C)NCc1ccc(OC)c(C)c1. The van der Waals surface area contributed by atoms with Crippen molar-refractivity contribution in [1.29, 1.82) is 0 Å². The Bertz CT molecular complexity index is 721. The molecular weight excluding hydrogens is 314 g/mol. The van der Waals surface area contributed by atoms with Gasteiger partial charge in [0, 0.05) is 32.4 Å². The highest BCUT2D eigenvalue weighted by Gasteiger charge is 2.03. The van der Waals surface area contributed by atoms with Gasteiger partial charge in [-0.1, -0.05) is 12.1 Å². The second-order valence-electron chi connectivity index (χ2n) is 6.16. The Kier molecular flexibility index (Phi) is 6.86. The summed E-state index contributed by atoms with van der Waals surface area (Å²) < 4.78 is 7.34. The van der Waals surface area contributed by atoms with Crippen LogP contribution in [-0.4, -0.2) is 36.4 Å². The fourth-order valence-electron chi connectivity index (χ4n) is 2.79. The molecule has 0 amide bonds. The molecule has 1 aromatic heterocycles. The van der Waals surface area contributed by atoms with Gasteiger partial charge in [-0.25, -0.2) is 0 Å². The van der Waals surface area contributed by atoms with Crippen molar-refractivity contribution in [3.05, 3.63) is 46.8 Å². The van der Waals surface area contributed by atoms with E-state index in [-0.39, 0.29) is 0 Å². The molecule has 6 heteroatoms. The summed E-state index contributed by atoms with van der Waals surface area (Å²) in [5, 5.41) is 11.2. The molecule has 136 valence electrons. The van der Waals surface area contributed by atoms with Crippen LogP contribution in [-0.2, 0) is 13.1 Å². The lowest BCUT2D eigenvalue weighted by atomic mass is 10.1. The number of guanidine groups is 1. The predicted octanol–water partition coefficient (Wildman–Crippen LogP) is 2.57. The van der Waals surface area contributed by atoms with Crippen LogP contribution in [0.3, 0.4) is 0 Å². The van der Waals surface area contributed by atoms with Crippen molar-refractivity contribution in [2.24, 2.45) is 4.99 Å². The van der Waals surface area contributed by atoms with Crippen molar-refractivity contribution in [2.75, 3.05) is 20.7 Å². The quantitative estimate of drug-likeness (QED) is 0.461. The molecule has 25 heavy (non-hydrogen) atoms. The zero-order valence-corrected chi connectivity index (χ0v) is 15.9. The van der Waals surface area contributed by atoms with E-state index in [2.05, 4.69) is 45.8 Å². The van der Waals surface area contributed by atoms with Crippen molar-refractivity contribution in [3.8, 4) is 5.75 Å². The number of aromatic nitrogens is 2. The lowest BCUT2D eigenvalue weighted by molar-refractivity contribution is 0.411. The molecule has 0 fully saturated rings. The molecule has 0 aliphatic heterocycles. The summed E-state index contributed by atoms with van der Waals surface area (Å²) in [5.41, 5.74) is 4.60. The third-order valence-corrected chi connectivity index (χ3v) is 4.09. The molecule has 0 atom stereocenters. The van der Waals surface area contributed by atoms with Crippen LogP contribution >= 0.6 is 0 Å². The van der Waals surface area contributed by atoms with E-state index in [1.54, 1.807) is 14.2 Å². The van der Waals surface area contributed by atoms with E-state index >= 15 is 0 Å². The number of rotatable bonds is 7. The number of aryl methyl sites for hydroxylation is 4. The number of hydrogen-bond donors (Lipinski definition) is 2. The smallest absolute Gasteiger partial charge is 0.191 e. The highest BCUT2D eigenvalue weighted by Crippen LogP contribution is 2.18. The van der Waals surface area contributed by atoms with Crippen molar-refractivity contribution in [1.82, 2.24) is 20.4 Å². The Hall–Kier alpha value is -2.50. The van der Waals surface area contributed by atoms with Gasteiger partial charge in [-0.3, -0.25) is 9.67 Å². The van der Waals surface area contributed by atoms with Crippen molar-refractivity contribution in [3.63, 3.8) is 0 Å². The Morgan fingerprint density at radius 3 is 2.60 bits per heavy atom. The molecule has 0 unspecified atom stereocenters. The number of benzene rings is 1. The van der Waals surface area contributed by atoms with Gasteiger partial charge in [0.1, 0.15) is 5.75 Å². The second kappa shape index (κ2) is 9.11. The van der Waals surface area contributed by atoms with Crippen molar-refractivity contribution < 1.29 is 4.74 Å². The fraction of sp³-hybridized carbons (Fsp3) is 0.474. The van der Waals surface area contributed by atoms with E-state index in [4.69, 9.17) is 4.74 Å². The second-order valence-corrected chi connectivity index (χ2v) is 6.16. The van der Waals surface area contributed by atoms with E-state index in [0.717, 1.165) is 49.0 Å². The van der Waals surface area contributed by atoms with Crippen LogP contribution < -0.4 is 15.4 Å². The molecule has 2 aromatic rings. The first-order chi connectivity index (χ1) is 12.0. The number of ether oxygens (including phenoxy) is 1. The van der Waals surface area contributed by atoms with Crippen molar-refractivity contribution in [2.45, 2.75) is 40.3 Å². The summed E-state index contributed by atoms with van der Waals surface area (Å²) in [4.78, 5) is 4.27. The average Bonchev–Trinajstić information content (AvgIpc) is 2.91. The highest BCUT2D eigenvalue weighted by molar-refractivity contribution is 5.79. The topological polar surface area (TPSA) is 63.5 Å². The first-order valence-electron chi connectivity index (χ1n) is 8.62. The molecule has 0 radical (unpaired) electrons. The van der Waals surface area contributed by atoms with E-state index in [9.17, 15) is 0 Å². The van der Waals surface area contributed by atoms with Gasteiger partial charge < -0.3 is 15.4 Å². The van der Waals surface area contributed by atoms with Crippen LogP contribution in [0.2, 0.25) is 0 Å². The Morgan fingerprint density at radius 2 is 2.00 bits per heavy atom. The minimum atomic E-state index is 0.724. The molecule has 0 bridgehead atoms. The monoisotopic (exact) mass is 343 g/mol. The average molecular weight is 343 g/mol. The first-order valence-corrected chi connectivity index (χ1v) is 8.62. The first kappa shape index (κ1) is 18.8. The van der Waals surface area contributed by atoms with E-state index in [1.165, 1.54) is 11.3 Å². The number of methoxy groups -OCH3 is 1. The maximum absolute atomic E-state index is 5.29. The van der Waals surface area contributed by atoms with E-state index in [1.807, 2.05) is 24.6 Å². The predicted molar refractivity (Wildman–Crippen MR) is 102 cm³/mol. The summed E-state index contributed by atoms with van der Waals surface area (Å²) >= 11 is 0.